The van der Waals surface area contributed by atoms with Crippen LogP contribution < -0.4 is 34.9 Å². The van der Waals surface area contributed by atoms with Gasteiger partial charge in [-0.05, 0) is 26.8 Å². The Hall–Kier alpha value is -0.670. The van der Waals surface area contributed by atoms with E-state index in [1.54, 1.807) is 0 Å². The first-order chi connectivity index (χ1) is 8.97. The van der Waals surface area contributed by atoms with E-state index in [0.29, 0.717) is 0 Å². The molecule has 0 saturated heterocycles. The summed E-state index contributed by atoms with van der Waals surface area (Å²) in [5.41, 5.74) is -2.08. The summed E-state index contributed by atoms with van der Waals surface area (Å²) >= 11 is 0. The Morgan fingerprint density at radius 2 is 1.90 bits per heavy atom. The average Bonchev–Trinajstić information content (AvgIpc) is 2.25. The minimum atomic E-state index is -4.94. The second kappa shape index (κ2) is 8.70. The number of esters is 1. The standard InChI is InChI=1S/C12H19NO6S.Na/c1-6-9(14)13-12(4,5)10(20(16,17)18)8(3)11(15)19-7-2;/h6,10H,1,3,7H2,2,4-5H3,(H,13,14)(H,16,17,18);/q;+1/p-1. The van der Waals surface area contributed by atoms with Gasteiger partial charge in [-0.3, -0.25) is 4.79 Å². The van der Waals surface area contributed by atoms with Gasteiger partial charge in [-0.1, -0.05) is 13.2 Å². The van der Waals surface area contributed by atoms with Crippen molar-refractivity contribution < 1.29 is 56.9 Å². The number of carbonyl (C=O) groups excluding carboxylic acids is 2. The van der Waals surface area contributed by atoms with Gasteiger partial charge in [-0.15, -0.1) is 0 Å². The molecule has 0 aromatic carbocycles. The maximum absolute atomic E-state index is 11.6. The number of hydrogen-bond donors (Lipinski definition) is 1. The van der Waals surface area contributed by atoms with Crippen LogP contribution in [0.3, 0.4) is 0 Å². The Morgan fingerprint density at radius 1 is 1.43 bits per heavy atom. The van der Waals surface area contributed by atoms with E-state index in [-0.39, 0.29) is 36.2 Å². The van der Waals surface area contributed by atoms with Gasteiger partial charge in [0.25, 0.3) is 0 Å². The van der Waals surface area contributed by atoms with Crippen LogP contribution in [-0.4, -0.2) is 42.2 Å². The summed E-state index contributed by atoms with van der Waals surface area (Å²) in [5, 5.41) is 0.437. The summed E-state index contributed by atoms with van der Waals surface area (Å²) in [6.45, 7) is 10.6. The predicted octanol–water partition coefficient (Wildman–Crippen LogP) is -2.90. The normalized spacial score (nSPS) is 12.6. The quantitative estimate of drug-likeness (QED) is 0.232. The summed E-state index contributed by atoms with van der Waals surface area (Å²) in [5.74, 6) is -1.68. The van der Waals surface area contributed by atoms with Crippen LogP contribution in [0.25, 0.3) is 0 Å². The van der Waals surface area contributed by atoms with E-state index in [9.17, 15) is 22.6 Å². The minimum Gasteiger partial charge on any atom is -0.747 e. The second-order valence-electron chi connectivity index (χ2n) is 4.53. The van der Waals surface area contributed by atoms with Crippen LogP contribution in [0.2, 0.25) is 0 Å². The number of rotatable bonds is 7. The predicted molar refractivity (Wildman–Crippen MR) is 71.7 cm³/mol. The van der Waals surface area contributed by atoms with Crippen LogP contribution in [0.5, 0.6) is 0 Å². The monoisotopic (exact) mass is 327 g/mol. The van der Waals surface area contributed by atoms with Crippen molar-refractivity contribution >= 4 is 22.0 Å². The molecule has 9 heteroatoms. The van der Waals surface area contributed by atoms with Crippen LogP contribution in [-0.2, 0) is 24.4 Å². The average molecular weight is 327 g/mol. The molecule has 114 valence electrons. The van der Waals surface area contributed by atoms with Crippen molar-refractivity contribution in [2.45, 2.75) is 31.6 Å². The molecular weight excluding hydrogens is 309 g/mol. The largest absolute Gasteiger partial charge is 1.00 e. The van der Waals surface area contributed by atoms with E-state index in [1.165, 1.54) is 20.8 Å². The van der Waals surface area contributed by atoms with Crippen molar-refractivity contribution in [3.8, 4) is 0 Å². The zero-order valence-corrected chi connectivity index (χ0v) is 15.5. The van der Waals surface area contributed by atoms with Crippen molar-refractivity contribution in [1.82, 2.24) is 5.32 Å². The Morgan fingerprint density at radius 3 is 2.24 bits per heavy atom. The van der Waals surface area contributed by atoms with Gasteiger partial charge in [-0.25, -0.2) is 13.2 Å². The molecular formula is C12H18NNaO6S. The Balaban J connectivity index is 0. The SMILES string of the molecule is C=CC(=O)NC(C)(C)C(C(=C)C(=O)OCC)S(=O)(=O)[O-].[Na+]. The van der Waals surface area contributed by atoms with Gasteiger partial charge in [0.1, 0.15) is 15.4 Å². The molecule has 0 aliphatic rings. The third-order valence-electron chi connectivity index (χ3n) is 2.43. The number of amides is 1. The topological polar surface area (TPSA) is 113 Å². The van der Waals surface area contributed by atoms with Crippen LogP contribution in [0.15, 0.2) is 24.8 Å². The van der Waals surface area contributed by atoms with Gasteiger partial charge < -0.3 is 14.6 Å². The van der Waals surface area contributed by atoms with Gasteiger partial charge in [0, 0.05) is 5.57 Å². The molecule has 0 heterocycles. The van der Waals surface area contributed by atoms with Crippen LogP contribution >= 0.6 is 0 Å². The fraction of sp³-hybridized carbons (Fsp3) is 0.500. The van der Waals surface area contributed by atoms with Gasteiger partial charge in [-0.2, -0.15) is 0 Å². The smallest absolute Gasteiger partial charge is 0.747 e. The van der Waals surface area contributed by atoms with Gasteiger partial charge in [0.2, 0.25) is 5.91 Å². The molecule has 1 atom stereocenters. The van der Waals surface area contributed by atoms with E-state index in [4.69, 9.17) is 0 Å². The summed E-state index contributed by atoms with van der Waals surface area (Å²) in [6, 6.07) is 0. The molecule has 0 saturated carbocycles. The van der Waals surface area contributed by atoms with Crippen molar-refractivity contribution in [1.29, 1.82) is 0 Å². The second-order valence-corrected chi connectivity index (χ2v) is 5.99. The first kappa shape index (κ1) is 22.6. The summed E-state index contributed by atoms with van der Waals surface area (Å²) < 4.78 is 38.8. The van der Waals surface area contributed by atoms with Crippen LogP contribution in [0.4, 0.5) is 0 Å². The number of nitrogens with one attached hydrogen (secondary N) is 1. The molecule has 1 amide bonds. The zero-order chi connectivity index (χ0) is 16.1. The van der Waals surface area contributed by atoms with Crippen molar-refractivity contribution in [2.24, 2.45) is 0 Å². The first-order valence-electron chi connectivity index (χ1n) is 5.72. The summed E-state index contributed by atoms with van der Waals surface area (Å²) in [6.07, 6.45) is 0.920. The fourth-order valence-electron chi connectivity index (χ4n) is 1.74. The van der Waals surface area contributed by atoms with Crippen LogP contribution in [0.1, 0.15) is 20.8 Å². The molecule has 0 bridgehead atoms. The Labute approximate surface area is 146 Å². The molecule has 0 fully saturated rings. The third-order valence-corrected chi connectivity index (χ3v) is 3.88. The molecule has 0 rings (SSSR count). The molecule has 0 spiro atoms. The van der Waals surface area contributed by atoms with E-state index in [2.05, 4.69) is 23.2 Å². The molecule has 0 aromatic rings. The molecule has 0 aliphatic carbocycles. The summed E-state index contributed by atoms with van der Waals surface area (Å²) in [4.78, 5) is 22.9. The Bertz CT molecular complexity index is 526. The van der Waals surface area contributed by atoms with Gasteiger partial charge in [0.15, 0.2) is 0 Å². The van der Waals surface area contributed by atoms with Crippen LogP contribution in [0, 0.1) is 0 Å². The zero-order valence-electron chi connectivity index (χ0n) is 12.6. The molecule has 0 aliphatic heterocycles. The van der Waals surface area contributed by atoms with Crippen molar-refractivity contribution in [3.63, 3.8) is 0 Å². The Kier molecular flexibility index (Phi) is 9.36. The summed E-state index contributed by atoms with van der Waals surface area (Å²) in [7, 11) is -4.94. The van der Waals surface area contributed by atoms with E-state index in [0.717, 1.165) is 6.08 Å². The van der Waals surface area contributed by atoms with Crippen molar-refractivity contribution in [2.75, 3.05) is 6.61 Å². The van der Waals surface area contributed by atoms with Gasteiger partial charge >= 0.3 is 35.5 Å². The number of carbonyl (C=O) groups is 2. The molecule has 0 aromatic heterocycles. The fourth-order valence-corrected chi connectivity index (χ4v) is 2.96. The minimum absolute atomic E-state index is 0. The van der Waals surface area contributed by atoms with E-state index < -0.39 is 38.4 Å². The molecule has 1 unspecified atom stereocenters. The molecule has 0 radical (unpaired) electrons. The molecule has 7 nitrogen and oxygen atoms in total. The van der Waals surface area contributed by atoms with E-state index >= 15 is 0 Å². The number of ether oxygens (including phenoxy) is 1. The molecule has 1 N–H and O–H groups in total. The molecule has 21 heavy (non-hydrogen) atoms. The van der Waals surface area contributed by atoms with Crippen molar-refractivity contribution in [3.05, 3.63) is 24.8 Å². The number of hydrogen-bond acceptors (Lipinski definition) is 6. The van der Waals surface area contributed by atoms with Gasteiger partial charge in [0.05, 0.1) is 12.1 Å². The third kappa shape index (κ3) is 6.75. The maximum atomic E-state index is 11.6. The van der Waals surface area contributed by atoms with E-state index in [1.807, 2.05) is 0 Å². The maximum Gasteiger partial charge on any atom is 1.00 e. The first-order valence-corrected chi connectivity index (χ1v) is 7.19.